The van der Waals surface area contributed by atoms with Crippen LogP contribution in [0.5, 0.6) is 0 Å². The number of rotatable bonds is 2. The Morgan fingerprint density at radius 2 is 1.81 bits per heavy atom. The van der Waals surface area contributed by atoms with Crippen LogP contribution >= 0.6 is 0 Å². The second-order valence-electron chi connectivity index (χ2n) is 7.66. The molecule has 26 heavy (non-hydrogen) atoms. The maximum atomic E-state index is 5.06. The summed E-state index contributed by atoms with van der Waals surface area (Å²) in [7, 11) is 0. The summed E-state index contributed by atoms with van der Waals surface area (Å²) in [5.41, 5.74) is 3.58. The summed E-state index contributed by atoms with van der Waals surface area (Å²) in [5, 5.41) is 3.51. The minimum absolute atomic E-state index is 0.774. The monoisotopic (exact) mass is 347 g/mol. The molecule has 5 rings (SSSR count). The van der Waals surface area contributed by atoms with Gasteiger partial charge < -0.3 is 10.2 Å². The van der Waals surface area contributed by atoms with Gasteiger partial charge in [-0.1, -0.05) is 12.2 Å². The van der Waals surface area contributed by atoms with Gasteiger partial charge in [0.05, 0.1) is 5.69 Å². The zero-order chi connectivity index (χ0) is 17.3. The van der Waals surface area contributed by atoms with Gasteiger partial charge in [0.2, 0.25) is 0 Å². The van der Waals surface area contributed by atoms with Crippen LogP contribution < -0.4 is 10.2 Å². The van der Waals surface area contributed by atoms with Gasteiger partial charge in [-0.2, -0.15) is 0 Å². The number of hydrogen-bond acceptors (Lipinski definition) is 5. The topological polar surface area (TPSA) is 53.9 Å². The molecular formula is C21H25N5. The van der Waals surface area contributed by atoms with E-state index in [9.17, 15) is 0 Å². The molecule has 0 spiro atoms. The highest BCUT2D eigenvalue weighted by Gasteiger charge is 2.35. The Kier molecular flexibility index (Phi) is 4.17. The number of allylic oxidation sites excluding steroid dienone is 2. The molecule has 0 amide bonds. The van der Waals surface area contributed by atoms with E-state index in [-0.39, 0.29) is 0 Å². The number of anilines is 1. The Hall–Kier alpha value is -2.27. The van der Waals surface area contributed by atoms with Crippen LogP contribution in [-0.2, 0) is 12.8 Å². The summed E-state index contributed by atoms with van der Waals surface area (Å²) >= 11 is 0. The maximum absolute atomic E-state index is 5.06. The molecule has 0 unspecified atom stereocenters. The average molecular weight is 347 g/mol. The van der Waals surface area contributed by atoms with Gasteiger partial charge in [0.25, 0.3) is 0 Å². The van der Waals surface area contributed by atoms with Gasteiger partial charge >= 0.3 is 0 Å². The van der Waals surface area contributed by atoms with E-state index in [1.54, 1.807) is 6.20 Å². The molecule has 2 atom stereocenters. The van der Waals surface area contributed by atoms with E-state index >= 15 is 0 Å². The van der Waals surface area contributed by atoms with Gasteiger partial charge in [0.1, 0.15) is 5.82 Å². The van der Waals surface area contributed by atoms with Crippen LogP contribution in [-0.4, -0.2) is 41.1 Å². The van der Waals surface area contributed by atoms with Crippen molar-refractivity contribution in [1.82, 2.24) is 20.3 Å². The van der Waals surface area contributed by atoms with Crippen LogP contribution in [0.4, 0.5) is 5.82 Å². The molecule has 134 valence electrons. The molecule has 1 N–H and O–H groups in total. The van der Waals surface area contributed by atoms with E-state index in [0.717, 1.165) is 62.2 Å². The van der Waals surface area contributed by atoms with Crippen LogP contribution in [0, 0.1) is 11.8 Å². The molecule has 5 nitrogen and oxygen atoms in total. The summed E-state index contributed by atoms with van der Waals surface area (Å²) in [6.45, 7) is 4.25. The lowest BCUT2D eigenvalue weighted by molar-refractivity contribution is 0.411. The van der Waals surface area contributed by atoms with Crippen molar-refractivity contribution in [2.75, 3.05) is 31.1 Å². The highest BCUT2D eigenvalue weighted by Crippen LogP contribution is 2.37. The van der Waals surface area contributed by atoms with Crippen LogP contribution in [0.1, 0.15) is 24.1 Å². The van der Waals surface area contributed by atoms with Crippen molar-refractivity contribution in [3.63, 3.8) is 0 Å². The largest absolute Gasteiger partial charge is 0.356 e. The highest BCUT2D eigenvalue weighted by molar-refractivity contribution is 5.60. The predicted octanol–water partition coefficient (Wildman–Crippen LogP) is 2.63. The third-order valence-corrected chi connectivity index (χ3v) is 6.00. The molecule has 0 radical (unpaired) electrons. The molecule has 2 aromatic rings. The Bertz CT molecular complexity index is 801. The number of hydrogen-bond donors (Lipinski definition) is 1. The van der Waals surface area contributed by atoms with Gasteiger partial charge in [0.15, 0.2) is 5.82 Å². The molecule has 4 heterocycles. The third-order valence-electron chi connectivity index (χ3n) is 6.00. The standard InChI is InChI=1S/C21H25N5/c1-2-5-17-14-26(13-16(17)4-1)21-18-7-10-22-11-8-19(18)24-20(25-21)15-6-3-9-23-12-15/h1-3,6,9,12,16-17,22H,4-5,7-8,10-11,13-14H2/t16-,17+. The molecular weight excluding hydrogens is 322 g/mol. The normalized spacial score (nSPS) is 24.8. The van der Waals surface area contributed by atoms with Crippen molar-refractivity contribution >= 4 is 5.82 Å². The van der Waals surface area contributed by atoms with Crippen molar-refractivity contribution in [2.45, 2.75) is 25.7 Å². The van der Waals surface area contributed by atoms with Crippen molar-refractivity contribution in [3.8, 4) is 11.4 Å². The smallest absolute Gasteiger partial charge is 0.163 e. The molecule has 0 aromatic carbocycles. The Morgan fingerprint density at radius 3 is 2.58 bits per heavy atom. The lowest BCUT2D eigenvalue weighted by Crippen LogP contribution is -2.24. The third kappa shape index (κ3) is 2.90. The van der Waals surface area contributed by atoms with Crippen molar-refractivity contribution in [1.29, 1.82) is 0 Å². The summed E-state index contributed by atoms with van der Waals surface area (Å²) in [5.74, 6) is 3.54. The fourth-order valence-corrected chi connectivity index (χ4v) is 4.60. The summed E-state index contributed by atoms with van der Waals surface area (Å²) < 4.78 is 0. The maximum Gasteiger partial charge on any atom is 0.163 e. The molecule has 1 saturated heterocycles. The number of nitrogens with one attached hydrogen (secondary N) is 1. The zero-order valence-corrected chi connectivity index (χ0v) is 15.1. The van der Waals surface area contributed by atoms with Gasteiger partial charge in [-0.25, -0.2) is 9.97 Å². The summed E-state index contributed by atoms with van der Waals surface area (Å²) in [6, 6.07) is 4.02. The number of pyridine rings is 1. The minimum atomic E-state index is 0.774. The van der Waals surface area contributed by atoms with E-state index in [4.69, 9.17) is 9.97 Å². The Morgan fingerprint density at radius 1 is 1.00 bits per heavy atom. The molecule has 2 aliphatic heterocycles. The molecule has 0 bridgehead atoms. The van der Waals surface area contributed by atoms with Gasteiger partial charge in [0, 0.05) is 49.6 Å². The fourth-order valence-electron chi connectivity index (χ4n) is 4.60. The van der Waals surface area contributed by atoms with Crippen LogP contribution in [0.2, 0.25) is 0 Å². The predicted molar refractivity (Wildman–Crippen MR) is 103 cm³/mol. The average Bonchev–Trinajstić information content (AvgIpc) is 2.98. The lowest BCUT2D eigenvalue weighted by Gasteiger charge is -2.23. The van der Waals surface area contributed by atoms with Crippen molar-refractivity contribution < 1.29 is 0 Å². The first-order valence-corrected chi connectivity index (χ1v) is 9.79. The first-order valence-electron chi connectivity index (χ1n) is 9.79. The van der Waals surface area contributed by atoms with Gasteiger partial charge in [-0.3, -0.25) is 4.98 Å². The van der Waals surface area contributed by atoms with E-state index in [0.29, 0.717) is 0 Å². The fraction of sp³-hybridized carbons (Fsp3) is 0.476. The van der Waals surface area contributed by atoms with E-state index in [1.807, 2.05) is 12.3 Å². The van der Waals surface area contributed by atoms with Gasteiger partial charge in [-0.15, -0.1) is 0 Å². The molecule has 3 aliphatic rings. The highest BCUT2D eigenvalue weighted by atomic mass is 15.2. The number of nitrogens with zero attached hydrogens (tertiary/aromatic N) is 4. The zero-order valence-electron chi connectivity index (χ0n) is 15.1. The van der Waals surface area contributed by atoms with E-state index in [2.05, 4.69) is 33.4 Å². The molecule has 2 aromatic heterocycles. The second-order valence-corrected chi connectivity index (χ2v) is 7.66. The molecule has 1 aliphatic carbocycles. The van der Waals surface area contributed by atoms with Crippen molar-refractivity contribution in [2.24, 2.45) is 11.8 Å². The number of fused-ring (bicyclic) bond motifs is 2. The summed E-state index contributed by atoms with van der Waals surface area (Å²) in [6.07, 6.45) is 12.8. The quantitative estimate of drug-likeness (QED) is 0.847. The Labute approximate surface area is 154 Å². The second kappa shape index (κ2) is 6.80. The van der Waals surface area contributed by atoms with Gasteiger partial charge in [-0.05, 0) is 49.8 Å². The minimum Gasteiger partial charge on any atom is -0.356 e. The molecule has 1 fully saturated rings. The first-order chi connectivity index (χ1) is 12.9. The lowest BCUT2D eigenvalue weighted by atomic mass is 9.86. The first kappa shape index (κ1) is 15.9. The molecule has 0 saturated carbocycles. The Balaban J connectivity index is 1.57. The summed E-state index contributed by atoms with van der Waals surface area (Å²) in [4.78, 5) is 16.8. The number of aromatic nitrogens is 3. The SMILES string of the molecule is C1=CC[C@H]2CN(c3nc(-c4cccnc4)nc4c3CCNCC4)C[C@H]2C1. The van der Waals surface area contributed by atoms with Crippen LogP contribution in [0.15, 0.2) is 36.7 Å². The molecule has 5 heteroatoms. The van der Waals surface area contributed by atoms with E-state index < -0.39 is 0 Å². The van der Waals surface area contributed by atoms with Crippen LogP contribution in [0.25, 0.3) is 11.4 Å². The van der Waals surface area contributed by atoms with E-state index in [1.165, 1.54) is 29.9 Å². The van der Waals surface area contributed by atoms with Crippen LogP contribution in [0.3, 0.4) is 0 Å². The van der Waals surface area contributed by atoms with Crippen molar-refractivity contribution in [3.05, 3.63) is 47.9 Å².